The minimum Gasteiger partial charge on any atom is -0.388 e. The molecular weight excluding hydrogens is 204 g/mol. The van der Waals surface area contributed by atoms with E-state index >= 15 is 0 Å². The van der Waals surface area contributed by atoms with Crippen molar-refractivity contribution in [2.45, 2.75) is 18.9 Å². The topological polar surface area (TPSA) is 20.2 Å². The van der Waals surface area contributed by atoms with E-state index in [0.29, 0.717) is 0 Å². The molecule has 0 fully saturated rings. The van der Waals surface area contributed by atoms with Crippen LogP contribution in [-0.4, -0.2) is 11.2 Å². The fourth-order valence-corrected chi connectivity index (χ4v) is 3.43. The number of aliphatic hydroxyl groups excluding tert-OH is 1. The second-order valence-electron chi connectivity index (χ2n) is 4.01. The molecule has 15 heavy (non-hydrogen) atoms. The Morgan fingerprint density at radius 2 is 2.07 bits per heavy atom. The van der Waals surface area contributed by atoms with E-state index in [-0.39, 0.29) is 12.0 Å². The lowest BCUT2D eigenvalue weighted by Gasteiger charge is -2.20. The van der Waals surface area contributed by atoms with Gasteiger partial charge in [0.2, 0.25) is 0 Å². The van der Waals surface area contributed by atoms with Crippen LogP contribution < -0.4 is 0 Å². The lowest BCUT2D eigenvalue weighted by molar-refractivity contribution is 0.197. The number of hydrogen-bond donors (Lipinski definition) is 1. The summed E-state index contributed by atoms with van der Waals surface area (Å²) < 4.78 is 1.31. The summed E-state index contributed by atoms with van der Waals surface area (Å²) in [6.45, 7) is 2.09. The van der Waals surface area contributed by atoms with E-state index in [9.17, 15) is 5.11 Å². The van der Waals surface area contributed by atoms with Gasteiger partial charge >= 0.3 is 0 Å². The van der Waals surface area contributed by atoms with Gasteiger partial charge in [0.25, 0.3) is 0 Å². The first-order chi connectivity index (χ1) is 7.27. The fraction of sp³-hybridized carbons (Fsp3) is 0.231. The Morgan fingerprint density at radius 1 is 1.27 bits per heavy atom. The molecule has 2 heteroatoms. The third-order valence-electron chi connectivity index (χ3n) is 3.08. The molecule has 76 valence electrons. The summed E-state index contributed by atoms with van der Waals surface area (Å²) in [5, 5.41) is 11.1. The van der Waals surface area contributed by atoms with Crippen molar-refractivity contribution >= 4 is 27.5 Å². The van der Waals surface area contributed by atoms with Crippen molar-refractivity contribution in [1.29, 1.82) is 0 Å². The van der Waals surface area contributed by atoms with Crippen LogP contribution in [0.5, 0.6) is 0 Å². The van der Waals surface area contributed by atoms with E-state index in [2.05, 4.69) is 31.2 Å². The number of hydrogen-bond acceptors (Lipinski definition) is 2. The van der Waals surface area contributed by atoms with Crippen LogP contribution in [0.3, 0.4) is 0 Å². The highest BCUT2D eigenvalue weighted by molar-refractivity contribution is 7.20. The maximum atomic E-state index is 9.82. The molecule has 0 radical (unpaired) electrons. The molecule has 0 unspecified atom stereocenters. The lowest BCUT2D eigenvalue weighted by Crippen LogP contribution is -2.15. The summed E-state index contributed by atoms with van der Waals surface area (Å²) in [4.78, 5) is 1.30. The number of benzene rings is 1. The highest BCUT2D eigenvalue weighted by Crippen LogP contribution is 2.40. The van der Waals surface area contributed by atoms with Crippen LogP contribution >= 0.6 is 11.3 Å². The molecule has 1 aliphatic rings. The smallest absolute Gasteiger partial charge is 0.0791 e. The van der Waals surface area contributed by atoms with Gasteiger partial charge in [-0.2, -0.15) is 0 Å². The Balaban J connectivity index is 2.35. The molecule has 0 amide bonds. The Kier molecular flexibility index (Phi) is 1.94. The third-order valence-corrected chi connectivity index (χ3v) is 4.23. The van der Waals surface area contributed by atoms with Crippen LogP contribution in [0.15, 0.2) is 30.3 Å². The zero-order chi connectivity index (χ0) is 10.4. The van der Waals surface area contributed by atoms with Gasteiger partial charge in [-0.1, -0.05) is 31.2 Å². The fourth-order valence-electron chi connectivity index (χ4n) is 2.20. The number of aliphatic hydroxyl groups is 1. The summed E-state index contributed by atoms with van der Waals surface area (Å²) in [7, 11) is 0. The van der Waals surface area contributed by atoms with E-state index in [1.54, 1.807) is 0 Å². The lowest BCUT2D eigenvalue weighted by atomic mass is 9.89. The van der Waals surface area contributed by atoms with Crippen molar-refractivity contribution in [3.05, 3.63) is 40.8 Å². The molecule has 1 aromatic carbocycles. The second kappa shape index (κ2) is 3.19. The van der Waals surface area contributed by atoms with Gasteiger partial charge in [0.1, 0.15) is 0 Å². The summed E-state index contributed by atoms with van der Waals surface area (Å²) in [6, 6.07) is 8.42. The van der Waals surface area contributed by atoms with Crippen molar-refractivity contribution in [1.82, 2.24) is 0 Å². The maximum absolute atomic E-state index is 9.82. The Labute approximate surface area is 92.7 Å². The molecule has 0 aliphatic heterocycles. The molecule has 1 heterocycles. The largest absolute Gasteiger partial charge is 0.388 e. The van der Waals surface area contributed by atoms with Crippen molar-refractivity contribution in [3.63, 3.8) is 0 Å². The van der Waals surface area contributed by atoms with Gasteiger partial charge in [-0.05, 0) is 23.1 Å². The molecule has 1 N–H and O–H groups in total. The predicted octanol–water partition coefficient (Wildman–Crippen LogP) is 3.39. The van der Waals surface area contributed by atoms with Gasteiger partial charge in [-0.15, -0.1) is 11.3 Å². The van der Waals surface area contributed by atoms with Crippen molar-refractivity contribution in [2.24, 2.45) is 0 Å². The SMILES string of the molecule is C[C@H]1c2c(sc3ccccc23)C=C[C@H]1O. The quantitative estimate of drug-likeness (QED) is 0.715. The molecule has 0 saturated carbocycles. The highest BCUT2D eigenvalue weighted by atomic mass is 32.1. The van der Waals surface area contributed by atoms with Gasteiger partial charge in [-0.25, -0.2) is 0 Å². The Morgan fingerprint density at radius 3 is 2.93 bits per heavy atom. The molecule has 0 bridgehead atoms. The standard InChI is InChI=1S/C13H12OS/c1-8-10(14)6-7-12-13(8)9-4-2-3-5-11(9)15-12/h2-8,10,14H,1H3/t8-,10-/m1/s1. The first-order valence-electron chi connectivity index (χ1n) is 5.15. The molecule has 1 aromatic heterocycles. The number of fused-ring (bicyclic) bond motifs is 3. The third kappa shape index (κ3) is 1.25. The van der Waals surface area contributed by atoms with Gasteiger partial charge in [0, 0.05) is 15.5 Å². The van der Waals surface area contributed by atoms with Crippen LogP contribution in [-0.2, 0) is 0 Å². The summed E-state index contributed by atoms with van der Waals surface area (Å²) >= 11 is 1.81. The monoisotopic (exact) mass is 216 g/mol. The minimum absolute atomic E-state index is 0.209. The second-order valence-corrected chi connectivity index (χ2v) is 5.10. The zero-order valence-electron chi connectivity index (χ0n) is 8.47. The first-order valence-corrected chi connectivity index (χ1v) is 5.96. The molecule has 3 rings (SSSR count). The van der Waals surface area contributed by atoms with Gasteiger partial charge in [-0.3, -0.25) is 0 Å². The minimum atomic E-state index is -0.337. The van der Waals surface area contributed by atoms with Gasteiger partial charge in [0.15, 0.2) is 0 Å². The zero-order valence-corrected chi connectivity index (χ0v) is 9.29. The normalized spacial score (nSPS) is 24.4. The molecule has 2 atom stereocenters. The number of thiophene rings is 1. The van der Waals surface area contributed by atoms with Crippen LogP contribution in [0.4, 0.5) is 0 Å². The van der Waals surface area contributed by atoms with E-state index in [4.69, 9.17) is 0 Å². The molecular formula is C13H12OS. The van der Waals surface area contributed by atoms with Gasteiger partial charge < -0.3 is 5.11 Å². The van der Waals surface area contributed by atoms with E-state index in [0.717, 1.165) is 0 Å². The van der Waals surface area contributed by atoms with E-state index in [1.165, 1.54) is 20.5 Å². The maximum Gasteiger partial charge on any atom is 0.0791 e. The number of rotatable bonds is 0. The van der Waals surface area contributed by atoms with Crippen LogP contribution in [0.1, 0.15) is 23.3 Å². The summed E-state index contributed by atoms with van der Waals surface area (Å²) in [5.41, 5.74) is 1.31. The van der Waals surface area contributed by atoms with Gasteiger partial charge in [0.05, 0.1) is 6.10 Å². The van der Waals surface area contributed by atoms with Crippen molar-refractivity contribution in [3.8, 4) is 0 Å². The van der Waals surface area contributed by atoms with Crippen molar-refractivity contribution in [2.75, 3.05) is 0 Å². The highest BCUT2D eigenvalue weighted by Gasteiger charge is 2.24. The molecule has 1 nitrogen and oxygen atoms in total. The Hall–Kier alpha value is -1.12. The van der Waals surface area contributed by atoms with E-state index in [1.807, 2.05) is 23.5 Å². The van der Waals surface area contributed by atoms with E-state index < -0.39 is 0 Å². The molecule has 0 spiro atoms. The predicted molar refractivity (Wildman–Crippen MR) is 65.3 cm³/mol. The molecule has 0 saturated heterocycles. The van der Waals surface area contributed by atoms with Crippen LogP contribution in [0.2, 0.25) is 0 Å². The Bertz CT molecular complexity index is 538. The van der Waals surface area contributed by atoms with Crippen LogP contribution in [0.25, 0.3) is 16.2 Å². The van der Waals surface area contributed by atoms with Crippen LogP contribution in [0, 0.1) is 0 Å². The first kappa shape index (κ1) is 9.13. The summed E-state index contributed by atoms with van der Waals surface area (Å²) in [5.74, 6) is 0.209. The average molecular weight is 216 g/mol. The molecule has 2 aromatic rings. The molecule has 1 aliphatic carbocycles. The average Bonchev–Trinajstić information content (AvgIpc) is 2.62. The van der Waals surface area contributed by atoms with Crippen molar-refractivity contribution < 1.29 is 5.11 Å². The summed E-state index contributed by atoms with van der Waals surface area (Å²) in [6.07, 6.45) is 3.60.